The lowest BCUT2D eigenvalue weighted by Gasteiger charge is -2.28. The van der Waals surface area contributed by atoms with Gasteiger partial charge in [0, 0.05) is 25.2 Å². The Kier molecular flexibility index (Phi) is 4.29. The summed E-state index contributed by atoms with van der Waals surface area (Å²) >= 11 is 0. The molecular weight excluding hydrogens is 260 g/mol. The Morgan fingerprint density at radius 1 is 1.29 bits per heavy atom. The molecule has 114 valence electrons. The second-order valence-electron chi connectivity index (χ2n) is 6.57. The van der Waals surface area contributed by atoms with Crippen LogP contribution in [0.15, 0.2) is 18.2 Å². The molecule has 1 aliphatic heterocycles. The minimum Gasteiger partial charge on any atom is -0.315 e. The van der Waals surface area contributed by atoms with Gasteiger partial charge in [0.15, 0.2) is 0 Å². The van der Waals surface area contributed by atoms with Crippen LogP contribution in [0, 0.1) is 5.92 Å². The maximum atomic E-state index is 11.8. The van der Waals surface area contributed by atoms with Crippen molar-refractivity contribution in [2.75, 3.05) is 19.0 Å². The van der Waals surface area contributed by atoms with E-state index in [1.165, 1.54) is 43.2 Å². The first-order chi connectivity index (χ1) is 10.2. The first kappa shape index (κ1) is 14.6. The Balaban J connectivity index is 1.79. The van der Waals surface area contributed by atoms with Crippen LogP contribution in [-0.2, 0) is 11.2 Å². The number of carbonyl (C=O) groups excluding carboxylic acids is 1. The van der Waals surface area contributed by atoms with Gasteiger partial charge in [0.25, 0.3) is 0 Å². The highest BCUT2D eigenvalue weighted by Gasteiger charge is 2.24. The Labute approximate surface area is 127 Å². The summed E-state index contributed by atoms with van der Waals surface area (Å²) in [5.74, 6) is 1.11. The topological polar surface area (TPSA) is 32.3 Å². The summed E-state index contributed by atoms with van der Waals surface area (Å²) in [5, 5.41) is 3.49. The SMILES string of the molecule is CNC(CC1CCCC1)c1ccc2c(c1)CCC(=O)N2C. The lowest BCUT2D eigenvalue weighted by molar-refractivity contribution is -0.118. The van der Waals surface area contributed by atoms with Crippen molar-refractivity contribution in [2.24, 2.45) is 5.92 Å². The summed E-state index contributed by atoms with van der Waals surface area (Å²) in [4.78, 5) is 13.6. The minimum atomic E-state index is 0.228. The molecule has 1 N–H and O–H groups in total. The molecule has 1 heterocycles. The van der Waals surface area contributed by atoms with Gasteiger partial charge < -0.3 is 10.2 Å². The normalized spacial score (nSPS) is 20.7. The van der Waals surface area contributed by atoms with Crippen molar-refractivity contribution in [1.29, 1.82) is 0 Å². The molecule has 1 atom stereocenters. The van der Waals surface area contributed by atoms with Gasteiger partial charge in [-0.15, -0.1) is 0 Å². The second kappa shape index (κ2) is 6.18. The van der Waals surface area contributed by atoms with Crippen LogP contribution in [0.5, 0.6) is 0 Å². The zero-order chi connectivity index (χ0) is 14.8. The first-order valence-electron chi connectivity index (χ1n) is 8.25. The van der Waals surface area contributed by atoms with E-state index in [9.17, 15) is 4.79 Å². The molecule has 0 saturated heterocycles. The average molecular weight is 286 g/mol. The van der Waals surface area contributed by atoms with E-state index >= 15 is 0 Å². The van der Waals surface area contributed by atoms with Crippen molar-refractivity contribution in [1.82, 2.24) is 5.32 Å². The molecule has 1 saturated carbocycles. The molecule has 21 heavy (non-hydrogen) atoms. The molecule has 2 aliphatic rings. The minimum absolute atomic E-state index is 0.228. The van der Waals surface area contributed by atoms with Gasteiger partial charge in [-0.3, -0.25) is 4.79 Å². The van der Waals surface area contributed by atoms with Crippen molar-refractivity contribution < 1.29 is 4.79 Å². The van der Waals surface area contributed by atoms with Crippen LogP contribution in [0.3, 0.4) is 0 Å². The number of carbonyl (C=O) groups is 1. The van der Waals surface area contributed by atoms with Crippen molar-refractivity contribution >= 4 is 11.6 Å². The van der Waals surface area contributed by atoms with Gasteiger partial charge in [0.2, 0.25) is 5.91 Å². The van der Waals surface area contributed by atoms with Gasteiger partial charge in [-0.05, 0) is 43.0 Å². The number of rotatable bonds is 4. The monoisotopic (exact) mass is 286 g/mol. The van der Waals surface area contributed by atoms with Crippen molar-refractivity contribution in [3.8, 4) is 0 Å². The number of amides is 1. The molecule has 1 aliphatic carbocycles. The summed E-state index contributed by atoms with van der Waals surface area (Å²) < 4.78 is 0. The third kappa shape index (κ3) is 2.98. The molecule has 1 aromatic rings. The molecule has 0 radical (unpaired) electrons. The molecule has 1 fully saturated rings. The molecule has 1 aromatic carbocycles. The van der Waals surface area contributed by atoms with E-state index in [2.05, 4.69) is 30.6 Å². The fourth-order valence-electron chi connectivity index (χ4n) is 3.89. The summed E-state index contributed by atoms with van der Waals surface area (Å²) in [7, 11) is 3.95. The molecule has 1 unspecified atom stereocenters. The number of nitrogens with one attached hydrogen (secondary N) is 1. The number of fused-ring (bicyclic) bond motifs is 1. The fraction of sp³-hybridized carbons (Fsp3) is 0.611. The number of anilines is 1. The van der Waals surface area contributed by atoms with E-state index in [0.717, 1.165) is 18.0 Å². The van der Waals surface area contributed by atoms with E-state index in [1.54, 1.807) is 4.90 Å². The van der Waals surface area contributed by atoms with E-state index in [0.29, 0.717) is 12.5 Å². The largest absolute Gasteiger partial charge is 0.315 e. The van der Waals surface area contributed by atoms with E-state index in [4.69, 9.17) is 0 Å². The fourth-order valence-corrected chi connectivity index (χ4v) is 3.89. The van der Waals surface area contributed by atoms with Gasteiger partial charge in [-0.1, -0.05) is 37.8 Å². The van der Waals surface area contributed by atoms with Crippen LogP contribution in [0.1, 0.15) is 55.7 Å². The Hall–Kier alpha value is -1.35. The highest BCUT2D eigenvalue weighted by atomic mass is 16.2. The Morgan fingerprint density at radius 2 is 2.05 bits per heavy atom. The Bertz CT molecular complexity index is 520. The lowest BCUT2D eigenvalue weighted by atomic mass is 9.91. The Morgan fingerprint density at radius 3 is 2.76 bits per heavy atom. The third-order valence-corrected chi connectivity index (χ3v) is 5.24. The highest BCUT2D eigenvalue weighted by Crippen LogP contribution is 2.35. The standard InChI is InChI=1S/C18H26N2O/c1-19-16(11-13-5-3-4-6-13)14-7-9-17-15(12-14)8-10-18(21)20(17)2/h7,9,12-13,16,19H,3-6,8,10-11H2,1-2H3. The van der Waals surface area contributed by atoms with Crippen molar-refractivity contribution in [3.63, 3.8) is 0 Å². The third-order valence-electron chi connectivity index (χ3n) is 5.24. The number of aryl methyl sites for hydroxylation is 1. The summed E-state index contributed by atoms with van der Waals surface area (Å²) in [5.41, 5.74) is 3.79. The summed E-state index contributed by atoms with van der Waals surface area (Å²) in [6.45, 7) is 0. The molecule has 1 amide bonds. The van der Waals surface area contributed by atoms with Gasteiger partial charge in [-0.25, -0.2) is 0 Å². The smallest absolute Gasteiger partial charge is 0.227 e. The van der Waals surface area contributed by atoms with Crippen LogP contribution in [0.2, 0.25) is 0 Å². The molecule has 3 rings (SSSR count). The van der Waals surface area contributed by atoms with Crippen LogP contribution in [-0.4, -0.2) is 20.0 Å². The maximum Gasteiger partial charge on any atom is 0.227 e. The maximum absolute atomic E-state index is 11.8. The summed E-state index contributed by atoms with van der Waals surface area (Å²) in [6, 6.07) is 7.08. The first-order valence-corrected chi connectivity index (χ1v) is 8.25. The van der Waals surface area contributed by atoms with E-state index in [-0.39, 0.29) is 5.91 Å². The highest BCUT2D eigenvalue weighted by molar-refractivity contribution is 5.95. The van der Waals surface area contributed by atoms with Crippen LogP contribution >= 0.6 is 0 Å². The van der Waals surface area contributed by atoms with Crippen molar-refractivity contribution in [3.05, 3.63) is 29.3 Å². The van der Waals surface area contributed by atoms with Gasteiger partial charge >= 0.3 is 0 Å². The van der Waals surface area contributed by atoms with E-state index < -0.39 is 0 Å². The number of benzene rings is 1. The quantitative estimate of drug-likeness (QED) is 0.919. The second-order valence-corrected chi connectivity index (χ2v) is 6.57. The molecular formula is C18H26N2O. The summed E-state index contributed by atoms with van der Waals surface area (Å²) in [6.07, 6.45) is 8.34. The molecule has 3 heteroatoms. The zero-order valence-electron chi connectivity index (χ0n) is 13.2. The predicted molar refractivity (Wildman–Crippen MR) is 86.5 cm³/mol. The number of nitrogens with zero attached hydrogens (tertiary/aromatic N) is 1. The number of hydrogen-bond donors (Lipinski definition) is 1. The van der Waals surface area contributed by atoms with Gasteiger partial charge in [-0.2, -0.15) is 0 Å². The zero-order valence-corrected chi connectivity index (χ0v) is 13.2. The van der Waals surface area contributed by atoms with Gasteiger partial charge in [0.05, 0.1) is 0 Å². The lowest BCUT2D eigenvalue weighted by Crippen LogP contribution is -2.31. The van der Waals surface area contributed by atoms with Crippen LogP contribution in [0.4, 0.5) is 5.69 Å². The van der Waals surface area contributed by atoms with Gasteiger partial charge in [0.1, 0.15) is 0 Å². The van der Waals surface area contributed by atoms with Crippen LogP contribution < -0.4 is 10.2 Å². The molecule has 0 bridgehead atoms. The average Bonchev–Trinajstić information content (AvgIpc) is 3.01. The molecule has 0 spiro atoms. The van der Waals surface area contributed by atoms with Crippen molar-refractivity contribution in [2.45, 2.75) is 51.0 Å². The number of hydrogen-bond acceptors (Lipinski definition) is 2. The van der Waals surface area contributed by atoms with E-state index in [1.807, 2.05) is 7.05 Å². The molecule has 0 aromatic heterocycles. The van der Waals surface area contributed by atoms with Crippen LogP contribution in [0.25, 0.3) is 0 Å². The predicted octanol–water partition coefficient (Wildman–Crippen LogP) is 3.44. The molecule has 3 nitrogen and oxygen atoms in total.